The molecule has 1 N–H and O–H groups in total. The van der Waals surface area contributed by atoms with Crippen molar-refractivity contribution in [3.05, 3.63) is 52.8 Å². The van der Waals surface area contributed by atoms with E-state index in [4.69, 9.17) is 14.2 Å². The summed E-state index contributed by atoms with van der Waals surface area (Å²) in [5.74, 6) is -1.49. The third-order valence-corrected chi connectivity index (χ3v) is 5.26. The third-order valence-electron chi connectivity index (χ3n) is 5.26. The normalized spacial score (nSPS) is 19.7. The quantitative estimate of drug-likeness (QED) is 0.573. The summed E-state index contributed by atoms with van der Waals surface area (Å²) in [4.78, 5) is 36.9. The van der Waals surface area contributed by atoms with Crippen molar-refractivity contribution >= 4 is 11.9 Å². The maximum atomic E-state index is 12.5. The molecule has 0 bridgehead atoms. The van der Waals surface area contributed by atoms with Crippen LogP contribution < -0.4 is 10.9 Å². The molecular formula is C26H35N3O6. The molecule has 3 rings (SSSR count). The van der Waals surface area contributed by atoms with Crippen molar-refractivity contribution in [2.75, 3.05) is 6.54 Å². The molecule has 0 aliphatic carbocycles. The third kappa shape index (κ3) is 8.60. The Hall–Kier alpha value is -3.04. The van der Waals surface area contributed by atoms with Crippen LogP contribution in [0.5, 0.6) is 0 Å². The van der Waals surface area contributed by atoms with Gasteiger partial charge in [-0.2, -0.15) is 5.10 Å². The molecule has 9 nitrogen and oxygen atoms in total. The van der Waals surface area contributed by atoms with Crippen molar-refractivity contribution in [1.82, 2.24) is 15.1 Å². The molecule has 1 aromatic heterocycles. The van der Waals surface area contributed by atoms with Crippen LogP contribution in [0.1, 0.15) is 53.9 Å². The lowest BCUT2D eigenvalue weighted by atomic mass is 10.0. The molecule has 0 spiro atoms. The lowest BCUT2D eigenvalue weighted by Crippen LogP contribution is -2.46. The summed E-state index contributed by atoms with van der Waals surface area (Å²) < 4.78 is 18.4. The fourth-order valence-corrected chi connectivity index (χ4v) is 3.98. The van der Waals surface area contributed by atoms with E-state index in [0.29, 0.717) is 25.1 Å². The van der Waals surface area contributed by atoms with Crippen molar-refractivity contribution in [2.24, 2.45) is 0 Å². The molecule has 1 saturated heterocycles. The maximum absolute atomic E-state index is 12.5. The standard InChI is InChI=1S/C26H35N3O6/c1-25(2,3)35-24(32)16-20-15-19(33-26(4,5)34-20)13-14-27-22(30)17-29-23(31)12-11-21(28-29)18-9-7-6-8-10-18/h6-12,19-20H,13-17H2,1-5H3,(H,27,30)/t19-,20-/m0/s1. The van der Waals surface area contributed by atoms with Gasteiger partial charge in [-0.05, 0) is 47.1 Å². The molecule has 0 saturated carbocycles. The Morgan fingerprint density at radius 3 is 2.49 bits per heavy atom. The van der Waals surface area contributed by atoms with Gasteiger partial charge in [0.15, 0.2) is 5.79 Å². The van der Waals surface area contributed by atoms with Crippen LogP contribution in [0.15, 0.2) is 47.3 Å². The van der Waals surface area contributed by atoms with Crippen LogP contribution in [0.25, 0.3) is 11.3 Å². The largest absolute Gasteiger partial charge is 0.460 e. The molecule has 9 heteroatoms. The monoisotopic (exact) mass is 485 g/mol. The Labute approximate surface area is 205 Å². The van der Waals surface area contributed by atoms with Crippen LogP contribution in [0.3, 0.4) is 0 Å². The van der Waals surface area contributed by atoms with Gasteiger partial charge in [-0.15, -0.1) is 0 Å². The zero-order valence-electron chi connectivity index (χ0n) is 21.1. The van der Waals surface area contributed by atoms with Crippen LogP contribution in [0.2, 0.25) is 0 Å². The Bertz CT molecular complexity index is 1070. The summed E-state index contributed by atoms with van der Waals surface area (Å²) in [6.07, 6.45) is 0.653. The van der Waals surface area contributed by atoms with E-state index < -0.39 is 11.4 Å². The molecule has 1 aliphatic heterocycles. The fraction of sp³-hybridized carbons (Fsp3) is 0.538. The molecule has 2 aromatic rings. The van der Waals surface area contributed by atoms with E-state index in [1.54, 1.807) is 19.9 Å². The summed E-state index contributed by atoms with van der Waals surface area (Å²) in [5, 5.41) is 7.15. The van der Waals surface area contributed by atoms with Gasteiger partial charge in [-0.1, -0.05) is 30.3 Å². The number of carbonyl (C=O) groups is 2. The second-order valence-corrected chi connectivity index (χ2v) is 10.1. The van der Waals surface area contributed by atoms with E-state index in [-0.39, 0.29) is 42.6 Å². The lowest BCUT2D eigenvalue weighted by molar-refractivity contribution is -0.300. The minimum Gasteiger partial charge on any atom is -0.460 e. The molecule has 1 fully saturated rings. The van der Waals surface area contributed by atoms with Gasteiger partial charge in [0.05, 0.1) is 24.3 Å². The molecule has 1 aliphatic rings. The number of aromatic nitrogens is 2. The highest BCUT2D eigenvalue weighted by molar-refractivity contribution is 5.75. The predicted molar refractivity (Wildman–Crippen MR) is 130 cm³/mol. The number of carbonyl (C=O) groups excluding carboxylic acids is 2. The molecular weight excluding hydrogens is 450 g/mol. The number of ether oxygens (including phenoxy) is 3. The second-order valence-electron chi connectivity index (χ2n) is 10.1. The molecule has 190 valence electrons. The number of benzene rings is 1. The minimum atomic E-state index is -0.852. The number of nitrogens with zero attached hydrogens (tertiary/aromatic N) is 2. The van der Waals surface area contributed by atoms with Gasteiger partial charge >= 0.3 is 5.97 Å². The average Bonchev–Trinajstić information content (AvgIpc) is 2.73. The molecule has 1 aromatic carbocycles. The van der Waals surface area contributed by atoms with Crippen LogP contribution in [-0.2, 0) is 30.3 Å². The first kappa shape index (κ1) is 26.6. The van der Waals surface area contributed by atoms with E-state index in [9.17, 15) is 14.4 Å². The van der Waals surface area contributed by atoms with E-state index in [1.807, 2.05) is 51.1 Å². The fourth-order valence-electron chi connectivity index (χ4n) is 3.98. The van der Waals surface area contributed by atoms with Gasteiger partial charge in [0.1, 0.15) is 12.1 Å². The van der Waals surface area contributed by atoms with Gasteiger partial charge in [-0.25, -0.2) is 4.68 Å². The van der Waals surface area contributed by atoms with Crippen molar-refractivity contribution in [3.63, 3.8) is 0 Å². The van der Waals surface area contributed by atoms with E-state index in [2.05, 4.69) is 10.4 Å². The topological polar surface area (TPSA) is 109 Å². The van der Waals surface area contributed by atoms with Crippen molar-refractivity contribution < 1.29 is 23.8 Å². The molecule has 35 heavy (non-hydrogen) atoms. The summed E-state index contributed by atoms with van der Waals surface area (Å²) in [6.45, 7) is 9.26. The molecule has 2 atom stereocenters. The minimum absolute atomic E-state index is 0.138. The first-order valence-corrected chi connectivity index (χ1v) is 11.9. The summed E-state index contributed by atoms with van der Waals surface area (Å²) in [5.41, 5.74) is 0.576. The van der Waals surface area contributed by atoms with Crippen LogP contribution in [-0.4, -0.2) is 51.8 Å². The van der Waals surface area contributed by atoms with Crippen molar-refractivity contribution in [3.8, 4) is 11.3 Å². The Morgan fingerprint density at radius 1 is 1.11 bits per heavy atom. The molecule has 1 amide bonds. The van der Waals surface area contributed by atoms with E-state index in [0.717, 1.165) is 10.2 Å². The molecule has 0 unspecified atom stereocenters. The van der Waals surface area contributed by atoms with Crippen LogP contribution in [0.4, 0.5) is 0 Å². The summed E-state index contributed by atoms with van der Waals surface area (Å²) >= 11 is 0. The van der Waals surface area contributed by atoms with Crippen LogP contribution in [0, 0.1) is 0 Å². The van der Waals surface area contributed by atoms with Gasteiger partial charge in [0, 0.05) is 24.6 Å². The van der Waals surface area contributed by atoms with Gasteiger partial charge < -0.3 is 19.5 Å². The maximum Gasteiger partial charge on any atom is 0.308 e. The number of hydrogen-bond acceptors (Lipinski definition) is 7. The van der Waals surface area contributed by atoms with Crippen molar-refractivity contribution in [2.45, 2.75) is 84.0 Å². The highest BCUT2D eigenvalue weighted by Crippen LogP contribution is 2.30. The highest BCUT2D eigenvalue weighted by Gasteiger charge is 2.37. The van der Waals surface area contributed by atoms with Crippen LogP contribution >= 0.6 is 0 Å². The second kappa shape index (κ2) is 11.1. The Balaban J connectivity index is 1.51. The zero-order chi connectivity index (χ0) is 25.6. The smallest absolute Gasteiger partial charge is 0.308 e. The molecule has 0 radical (unpaired) electrons. The van der Waals surface area contributed by atoms with Gasteiger partial charge in [-0.3, -0.25) is 14.4 Å². The van der Waals surface area contributed by atoms with E-state index >= 15 is 0 Å². The van der Waals surface area contributed by atoms with Crippen molar-refractivity contribution in [1.29, 1.82) is 0 Å². The first-order valence-electron chi connectivity index (χ1n) is 11.9. The number of rotatable bonds is 8. The average molecular weight is 486 g/mol. The highest BCUT2D eigenvalue weighted by atomic mass is 16.7. The lowest BCUT2D eigenvalue weighted by Gasteiger charge is -2.40. The van der Waals surface area contributed by atoms with E-state index in [1.165, 1.54) is 6.07 Å². The summed E-state index contributed by atoms with van der Waals surface area (Å²) in [7, 11) is 0. The molecule has 2 heterocycles. The first-order chi connectivity index (χ1) is 16.4. The predicted octanol–water partition coefficient (Wildman–Crippen LogP) is 3.06. The number of nitrogens with one attached hydrogen (secondary N) is 1. The number of esters is 1. The van der Waals surface area contributed by atoms with Gasteiger partial charge in [0.2, 0.25) is 5.91 Å². The summed E-state index contributed by atoms with van der Waals surface area (Å²) in [6, 6.07) is 12.5. The number of hydrogen-bond donors (Lipinski definition) is 1. The van der Waals surface area contributed by atoms with Gasteiger partial charge in [0.25, 0.3) is 5.56 Å². The zero-order valence-corrected chi connectivity index (χ0v) is 21.1. The Morgan fingerprint density at radius 2 is 1.80 bits per heavy atom. The number of amides is 1. The SMILES string of the molecule is CC(C)(C)OC(=O)C[C@@H]1C[C@H](CCNC(=O)Cn2nc(-c3ccccc3)ccc2=O)OC(C)(C)O1. The Kier molecular flexibility index (Phi) is 8.45.